The molecule has 94 valence electrons. The number of benzene rings is 2. The first-order valence-corrected chi connectivity index (χ1v) is 6.02. The molecule has 3 aromatic rings. The quantitative estimate of drug-likeness (QED) is 0.705. The topological polar surface area (TPSA) is 35.3 Å². The molecule has 0 amide bonds. The van der Waals surface area contributed by atoms with Crippen LogP contribution < -0.4 is 4.74 Å². The first-order valence-electron chi connectivity index (χ1n) is 6.02. The fraction of sp³-hybridized carbons (Fsp3) is 0.0625. The molecule has 0 radical (unpaired) electrons. The van der Waals surface area contributed by atoms with E-state index >= 15 is 0 Å². The van der Waals surface area contributed by atoms with Crippen molar-refractivity contribution in [2.45, 2.75) is 0 Å². The van der Waals surface area contributed by atoms with Gasteiger partial charge in [-0.25, -0.2) is 0 Å². The van der Waals surface area contributed by atoms with E-state index < -0.39 is 0 Å². The number of hydrogen-bond acceptors (Lipinski definition) is 3. The monoisotopic (exact) mass is 251 g/mol. The molecule has 3 heteroatoms. The van der Waals surface area contributed by atoms with Crippen LogP contribution >= 0.6 is 0 Å². The van der Waals surface area contributed by atoms with E-state index in [2.05, 4.69) is 5.16 Å². The van der Waals surface area contributed by atoms with Gasteiger partial charge in [0, 0.05) is 11.1 Å². The van der Waals surface area contributed by atoms with E-state index in [-0.39, 0.29) is 0 Å². The van der Waals surface area contributed by atoms with E-state index in [1.54, 1.807) is 13.4 Å². The van der Waals surface area contributed by atoms with Crippen LogP contribution in [0.25, 0.3) is 22.4 Å². The summed E-state index contributed by atoms with van der Waals surface area (Å²) in [7, 11) is 1.66. The third-order valence-electron chi connectivity index (χ3n) is 3.02. The molecule has 19 heavy (non-hydrogen) atoms. The van der Waals surface area contributed by atoms with Gasteiger partial charge in [-0.3, -0.25) is 0 Å². The van der Waals surface area contributed by atoms with Gasteiger partial charge in [0.2, 0.25) is 0 Å². The number of aromatic nitrogens is 1. The summed E-state index contributed by atoms with van der Waals surface area (Å²) in [5, 5.41) is 4.10. The number of hydrogen-bond donors (Lipinski definition) is 0. The maximum Gasteiger partial charge on any atom is 0.132 e. The molecule has 0 saturated heterocycles. The van der Waals surface area contributed by atoms with Gasteiger partial charge in [0.05, 0.1) is 7.11 Å². The Morgan fingerprint density at radius 1 is 0.895 bits per heavy atom. The zero-order valence-electron chi connectivity index (χ0n) is 10.5. The van der Waals surface area contributed by atoms with Gasteiger partial charge in [-0.1, -0.05) is 47.6 Å². The molecule has 0 aliphatic heterocycles. The maximum atomic E-state index is 5.16. The van der Waals surface area contributed by atoms with E-state index in [1.165, 1.54) is 0 Å². The van der Waals surface area contributed by atoms with Crippen LogP contribution in [0.15, 0.2) is 65.4 Å². The Morgan fingerprint density at radius 2 is 1.63 bits per heavy atom. The molecule has 3 rings (SSSR count). The Labute approximate surface area is 111 Å². The molecular weight excluding hydrogens is 238 g/mol. The zero-order chi connectivity index (χ0) is 13.1. The Bertz CT molecular complexity index is 657. The van der Waals surface area contributed by atoms with E-state index in [9.17, 15) is 0 Å². The van der Waals surface area contributed by atoms with Gasteiger partial charge in [0.1, 0.15) is 17.7 Å². The summed E-state index contributed by atoms with van der Waals surface area (Å²) >= 11 is 0. The highest BCUT2D eigenvalue weighted by atomic mass is 16.5. The smallest absolute Gasteiger partial charge is 0.132 e. The van der Waals surface area contributed by atoms with Crippen molar-refractivity contribution >= 4 is 0 Å². The second-order valence-corrected chi connectivity index (χ2v) is 4.17. The number of ether oxygens (including phenoxy) is 1. The predicted octanol–water partition coefficient (Wildman–Crippen LogP) is 4.02. The Morgan fingerprint density at radius 3 is 2.32 bits per heavy atom. The lowest BCUT2D eigenvalue weighted by atomic mass is 10.0. The fourth-order valence-corrected chi connectivity index (χ4v) is 2.02. The minimum atomic E-state index is 0.835. The molecule has 1 aromatic heterocycles. The maximum absolute atomic E-state index is 5.16. The van der Waals surface area contributed by atoms with Crippen LogP contribution in [-0.4, -0.2) is 12.3 Å². The van der Waals surface area contributed by atoms with Gasteiger partial charge in [0.15, 0.2) is 0 Å². The van der Waals surface area contributed by atoms with E-state index in [0.29, 0.717) is 0 Å². The Hall–Kier alpha value is -2.55. The SMILES string of the molecule is COc1ccc(-c2conc2-c2ccccc2)cc1. The van der Waals surface area contributed by atoms with Crippen LogP contribution in [-0.2, 0) is 0 Å². The first kappa shape index (κ1) is 11.5. The highest BCUT2D eigenvalue weighted by Gasteiger charge is 2.11. The van der Waals surface area contributed by atoms with E-state index in [4.69, 9.17) is 9.26 Å². The van der Waals surface area contributed by atoms with Crippen molar-refractivity contribution in [1.82, 2.24) is 5.16 Å². The molecule has 0 bridgehead atoms. The minimum Gasteiger partial charge on any atom is -0.497 e. The minimum absolute atomic E-state index is 0.835. The Kier molecular flexibility index (Phi) is 3.02. The van der Waals surface area contributed by atoms with E-state index in [1.807, 2.05) is 54.6 Å². The second-order valence-electron chi connectivity index (χ2n) is 4.17. The molecule has 2 aromatic carbocycles. The van der Waals surface area contributed by atoms with Crippen LogP contribution in [0.1, 0.15) is 0 Å². The van der Waals surface area contributed by atoms with Gasteiger partial charge in [-0.15, -0.1) is 0 Å². The molecule has 0 saturated carbocycles. The summed E-state index contributed by atoms with van der Waals surface area (Å²) in [6, 6.07) is 17.8. The molecule has 3 nitrogen and oxygen atoms in total. The molecule has 0 unspecified atom stereocenters. The van der Waals surface area contributed by atoms with Crippen molar-refractivity contribution in [2.24, 2.45) is 0 Å². The normalized spacial score (nSPS) is 10.4. The second kappa shape index (κ2) is 4.98. The molecule has 0 aliphatic rings. The van der Waals surface area contributed by atoms with Gasteiger partial charge in [0.25, 0.3) is 0 Å². The van der Waals surface area contributed by atoms with Gasteiger partial charge in [-0.05, 0) is 17.7 Å². The standard InChI is InChI=1S/C16H13NO2/c1-18-14-9-7-12(8-10-14)15-11-19-17-16(15)13-5-3-2-4-6-13/h2-11H,1H3. The van der Waals surface area contributed by atoms with Crippen LogP contribution in [0.4, 0.5) is 0 Å². The Balaban J connectivity index is 2.04. The van der Waals surface area contributed by atoms with Crippen LogP contribution in [0.3, 0.4) is 0 Å². The first-order chi connectivity index (χ1) is 9.38. The lowest BCUT2D eigenvalue weighted by Crippen LogP contribution is -1.84. The van der Waals surface area contributed by atoms with Crippen molar-refractivity contribution in [3.05, 3.63) is 60.9 Å². The van der Waals surface area contributed by atoms with Crippen LogP contribution in [0, 0.1) is 0 Å². The third kappa shape index (κ3) is 2.22. The van der Waals surface area contributed by atoms with Gasteiger partial charge < -0.3 is 9.26 Å². The molecule has 0 spiro atoms. The number of methoxy groups -OCH3 is 1. The highest BCUT2D eigenvalue weighted by Crippen LogP contribution is 2.31. The molecule has 0 atom stereocenters. The van der Waals surface area contributed by atoms with Crippen molar-refractivity contribution in [3.63, 3.8) is 0 Å². The van der Waals surface area contributed by atoms with E-state index in [0.717, 1.165) is 28.1 Å². The van der Waals surface area contributed by atoms with Crippen LogP contribution in [0.2, 0.25) is 0 Å². The number of nitrogens with zero attached hydrogens (tertiary/aromatic N) is 1. The summed E-state index contributed by atoms with van der Waals surface area (Å²) in [5.41, 5.74) is 3.93. The summed E-state index contributed by atoms with van der Waals surface area (Å²) < 4.78 is 10.3. The van der Waals surface area contributed by atoms with Crippen molar-refractivity contribution in [3.8, 4) is 28.1 Å². The van der Waals surface area contributed by atoms with Gasteiger partial charge in [-0.2, -0.15) is 0 Å². The summed E-state index contributed by atoms with van der Waals surface area (Å²) in [5.74, 6) is 0.835. The average Bonchev–Trinajstić information content (AvgIpc) is 2.98. The molecule has 0 fully saturated rings. The van der Waals surface area contributed by atoms with Gasteiger partial charge >= 0.3 is 0 Å². The third-order valence-corrected chi connectivity index (χ3v) is 3.02. The van der Waals surface area contributed by atoms with Crippen molar-refractivity contribution in [1.29, 1.82) is 0 Å². The highest BCUT2D eigenvalue weighted by molar-refractivity contribution is 5.79. The number of rotatable bonds is 3. The summed E-state index contributed by atoms with van der Waals surface area (Å²) in [4.78, 5) is 0. The summed E-state index contributed by atoms with van der Waals surface area (Å²) in [6.07, 6.45) is 1.67. The summed E-state index contributed by atoms with van der Waals surface area (Å²) in [6.45, 7) is 0. The molecular formula is C16H13NO2. The van der Waals surface area contributed by atoms with Crippen molar-refractivity contribution < 1.29 is 9.26 Å². The lowest BCUT2D eigenvalue weighted by Gasteiger charge is -2.03. The van der Waals surface area contributed by atoms with Crippen LogP contribution in [0.5, 0.6) is 5.75 Å². The predicted molar refractivity (Wildman–Crippen MR) is 73.9 cm³/mol. The molecule has 0 aliphatic carbocycles. The van der Waals surface area contributed by atoms with Crippen molar-refractivity contribution in [2.75, 3.05) is 7.11 Å². The molecule has 1 heterocycles. The molecule has 0 N–H and O–H groups in total. The largest absolute Gasteiger partial charge is 0.497 e. The lowest BCUT2D eigenvalue weighted by molar-refractivity contribution is 0.415. The zero-order valence-corrected chi connectivity index (χ0v) is 10.5. The average molecular weight is 251 g/mol. The fourth-order valence-electron chi connectivity index (χ4n) is 2.02.